The van der Waals surface area contributed by atoms with Crippen LogP contribution in [0.3, 0.4) is 0 Å². The standard InChI is InChI=1S/C22H24N4O.C22H26N4O.C15H19FN2O.C8H7N.CH2O3.3CH3.2ClH.2Cs.3W.H/c27-22(25-14-11-20(16-25)24-12-3-4-13-24)17-7-9-19(10-8-17)26-15-18-5-1-2-6-21(18)23-26;27-22(25-14-11-20(16-25)24-12-3-4-13-24)17-7-9-19(10-8-17)26-21-6-2-1-5-18(21)15-23-26;16-13-5-3-12(4-6-13)15(19)18-10-7-14(11-18)17-8-1-2-9-17;1-2-4-8-7(3-1)5-6-9-8;2-1-4-3;;;;;;;;;;;/h1-2,5-10,15,20H,3-4,11-14,16H2;1-2,5-10,20,23H,3-4,11-16H2;3-6,14H,1-2,7-11H2;1-6,9H;1,3H;3*1H3;2*1H;;;;;;/q;;;;;3*-1;;;2*+1;;;;-1/p-1/t2*20-;14-;;;;;;;;;;;;;/m000............./s1. The van der Waals surface area contributed by atoms with Gasteiger partial charge in [-0.1, -0.05) is 54.6 Å². The second kappa shape index (κ2) is 47.0. The molecule has 15 rings (SSSR count). The number of H-pyrrole nitrogens is 1. The van der Waals surface area contributed by atoms with E-state index in [4.69, 9.17) is 10.1 Å². The molecular formula is C71H89Cl2Cs2FN11O6W3-3. The number of nitrogens with zero attached hydrogens (tertiary/aromatic N) is 9. The number of para-hydroxylation sites is 2. The number of carbonyl (C=O) groups excluding carboxylic acids is 4. The zero-order chi connectivity index (χ0) is 59.2. The largest absolute Gasteiger partial charge is 1.00 e. The van der Waals surface area contributed by atoms with Gasteiger partial charge in [-0.15, -0.1) is 24.8 Å². The fourth-order valence-corrected chi connectivity index (χ4v) is 13.1. The van der Waals surface area contributed by atoms with Gasteiger partial charge in [-0.05, 0) is 205 Å². The molecule has 7 aliphatic rings. The van der Waals surface area contributed by atoms with Gasteiger partial charge in [0, 0.05) is 167 Å². The molecule has 6 fully saturated rings. The molecule has 8 aromatic rings. The molecule has 96 heavy (non-hydrogen) atoms. The summed E-state index contributed by atoms with van der Waals surface area (Å²) < 4.78 is 14.7. The van der Waals surface area contributed by atoms with Gasteiger partial charge >= 0.3 is 138 Å². The van der Waals surface area contributed by atoms with Gasteiger partial charge in [-0.25, -0.2) is 14.5 Å². The number of rotatable bonds is 9. The van der Waals surface area contributed by atoms with Crippen LogP contribution in [0.4, 0.5) is 15.8 Å². The predicted molar refractivity (Wildman–Crippen MR) is 365 cm³/mol. The molecule has 6 saturated heterocycles. The van der Waals surface area contributed by atoms with Gasteiger partial charge in [0.05, 0.1) is 22.6 Å². The number of hydrogen-bond acceptors (Lipinski definition) is 12. The molecule has 0 aliphatic carbocycles. The molecule has 6 aromatic carbocycles. The van der Waals surface area contributed by atoms with Gasteiger partial charge in [0.2, 0.25) is 0 Å². The topological polar surface area (TPSA) is 169 Å². The molecule has 7 aliphatic heterocycles. The first-order valence-electron chi connectivity index (χ1n) is 30.6. The van der Waals surface area contributed by atoms with Crippen LogP contribution in [-0.2, 0) is 79.4 Å². The van der Waals surface area contributed by atoms with Crippen molar-refractivity contribution in [2.75, 3.05) is 83.5 Å². The van der Waals surface area contributed by atoms with Crippen molar-refractivity contribution in [2.45, 2.75) is 82.5 Å². The van der Waals surface area contributed by atoms with E-state index >= 15 is 0 Å². The van der Waals surface area contributed by atoms with E-state index in [0.29, 0.717) is 23.7 Å². The average Bonchev–Trinajstić information content (AvgIpc) is 1.72. The van der Waals surface area contributed by atoms with E-state index in [1.165, 1.54) is 112 Å². The molecule has 2 aromatic heterocycles. The smallest absolute Gasteiger partial charge is 1.00 e. The van der Waals surface area contributed by atoms with Crippen molar-refractivity contribution >= 4 is 82.2 Å². The summed E-state index contributed by atoms with van der Waals surface area (Å²) in [5.41, 5.74) is 12.2. The Morgan fingerprint density at radius 1 is 0.521 bits per heavy atom. The third kappa shape index (κ3) is 24.6. The Morgan fingerprint density at radius 2 is 0.917 bits per heavy atom. The zero-order valence-corrected chi connectivity index (χ0v) is 78.8. The third-order valence-corrected chi connectivity index (χ3v) is 17.7. The summed E-state index contributed by atoms with van der Waals surface area (Å²) in [4.78, 5) is 66.0. The molecule has 9 heterocycles. The number of halogens is 3. The van der Waals surface area contributed by atoms with Crippen molar-refractivity contribution in [1.29, 1.82) is 0 Å². The molecule has 2 N–H and O–H groups in total. The fraction of sp³-hybridized carbons (Fsp3) is 0.352. The maximum absolute atomic E-state index is 12.9. The summed E-state index contributed by atoms with van der Waals surface area (Å²) in [5.74, 6) is 0.0431. The van der Waals surface area contributed by atoms with Crippen molar-refractivity contribution < 1.29 is 236 Å². The molecule has 3 atom stereocenters. The molecule has 0 saturated carbocycles. The number of aromatic nitrogens is 3. The number of benzene rings is 6. The predicted octanol–water partition coefficient (Wildman–Crippen LogP) is 5.54. The first-order valence-corrected chi connectivity index (χ1v) is 30.6. The summed E-state index contributed by atoms with van der Waals surface area (Å²) in [6, 6.07) is 50.0. The van der Waals surface area contributed by atoms with E-state index in [9.17, 15) is 18.8 Å². The Balaban J connectivity index is 0.00000125. The molecule has 25 heteroatoms. The number of amides is 3. The molecule has 0 unspecified atom stereocenters. The number of anilines is 2. The van der Waals surface area contributed by atoms with Crippen LogP contribution in [0.5, 0.6) is 0 Å². The summed E-state index contributed by atoms with van der Waals surface area (Å²) in [6.45, 7) is 12.9. The van der Waals surface area contributed by atoms with E-state index < -0.39 is 0 Å². The van der Waals surface area contributed by atoms with Crippen LogP contribution in [-0.4, -0.2) is 165 Å². The molecule has 17 nitrogen and oxygen atoms in total. The van der Waals surface area contributed by atoms with Crippen molar-refractivity contribution in [3.05, 3.63) is 214 Å². The van der Waals surface area contributed by atoms with Crippen LogP contribution in [0.25, 0.3) is 27.5 Å². The van der Waals surface area contributed by atoms with Crippen LogP contribution in [0.15, 0.2) is 164 Å². The Bertz CT molecular complexity index is 3500. The number of nitrogens with one attached hydrogen (secondary N) is 2. The normalized spacial score (nSPS) is 18.0. The molecule has 3 amide bonds. The number of likely N-dealkylation sites (tertiary alicyclic amines) is 6. The average molecular weight is 2100 g/mol. The van der Waals surface area contributed by atoms with Gasteiger partial charge in [0.25, 0.3) is 24.2 Å². The van der Waals surface area contributed by atoms with Gasteiger partial charge in [-0.2, -0.15) is 5.10 Å². The Labute approximate surface area is 742 Å². The molecule has 0 spiro atoms. The summed E-state index contributed by atoms with van der Waals surface area (Å²) in [5, 5.41) is 17.5. The summed E-state index contributed by atoms with van der Waals surface area (Å²) in [7, 11) is 0. The van der Waals surface area contributed by atoms with Gasteiger partial charge in [-0.3, -0.25) is 38.9 Å². The van der Waals surface area contributed by atoms with Gasteiger partial charge in [0.15, 0.2) is 0 Å². The van der Waals surface area contributed by atoms with Crippen molar-refractivity contribution in [1.82, 2.24) is 49.6 Å². The first kappa shape index (κ1) is 92.5. The summed E-state index contributed by atoms with van der Waals surface area (Å²) in [6.07, 6.45) is 15.0. The van der Waals surface area contributed by atoms with Crippen LogP contribution >= 0.6 is 24.8 Å². The Kier molecular flexibility index (Phi) is 45.3. The molecule has 508 valence electrons. The maximum atomic E-state index is 12.9. The Morgan fingerprint density at radius 3 is 1.35 bits per heavy atom. The Hall–Kier alpha value is -1.51. The number of fused-ring (bicyclic) bond motifs is 3. The number of hydrogen-bond donors (Lipinski definition) is 2. The van der Waals surface area contributed by atoms with Crippen LogP contribution in [0, 0.1) is 28.1 Å². The quantitative estimate of drug-likeness (QED) is 0.0804. The second-order valence-corrected chi connectivity index (χ2v) is 23.1. The molecular weight excluding hydrogens is 2010 g/mol. The minimum atomic E-state index is -0.298. The molecule has 0 bridgehead atoms. The third-order valence-electron chi connectivity index (χ3n) is 17.7. The van der Waals surface area contributed by atoms with Gasteiger partial charge < -0.3 is 53.5 Å². The van der Waals surface area contributed by atoms with Crippen molar-refractivity contribution in [3.8, 4) is 5.69 Å². The molecule has 0 radical (unpaired) electrons. The van der Waals surface area contributed by atoms with Crippen molar-refractivity contribution in [3.63, 3.8) is 0 Å². The minimum absolute atomic E-state index is 0. The van der Waals surface area contributed by atoms with E-state index in [0.717, 1.165) is 98.5 Å². The van der Waals surface area contributed by atoms with E-state index in [-0.39, 0.29) is 280 Å². The van der Waals surface area contributed by atoms with E-state index in [1.54, 1.807) is 12.1 Å². The SMILES string of the molecule is Cl.Cl.O=C(c1ccc(-n2cc3ccccc3n2)cc1)N1CC[C@H](N2CCCC2)C1.O=C(c1ccc(F)cc1)N1CC[C@H](N2CCCC2)C1.O=C(c1ccc(N2NCc3ccccc32)cc1)N1CC[C@H](N2CCCC2)C1.O=CO[O-].[CH3-].[CH3-].[CH3-].[Cs+].[Cs+].[H-].[W].[W].[W].c1ccc2[nH]ccc2c1. The van der Waals surface area contributed by atoms with E-state index in [1.807, 2.05) is 111 Å². The number of carbonyl (C=O) groups is 4. The van der Waals surface area contributed by atoms with Crippen LogP contribution in [0.2, 0.25) is 0 Å². The van der Waals surface area contributed by atoms with Crippen LogP contribution in [0.1, 0.15) is 95.9 Å². The first-order chi connectivity index (χ1) is 42.2. The second-order valence-electron chi connectivity index (χ2n) is 23.1. The minimum Gasteiger partial charge on any atom is -1.00 e. The van der Waals surface area contributed by atoms with E-state index in [2.05, 4.69) is 88.6 Å². The monoisotopic (exact) mass is 2100 g/mol. The van der Waals surface area contributed by atoms with Gasteiger partial charge in [0.1, 0.15) is 5.82 Å². The summed E-state index contributed by atoms with van der Waals surface area (Å²) >= 11 is 0. The number of aromatic amines is 1. The zero-order valence-electron chi connectivity index (χ0n) is 56.8. The number of hydrazine groups is 1. The van der Waals surface area contributed by atoms with Crippen LogP contribution < -0.4 is 153 Å². The fourth-order valence-electron chi connectivity index (χ4n) is 13.1. The van der Waals surface area contributed by atoms with Crippen molar-refractivity contribution in [2.24, 2.45) is 0 Å². The maximum Gasteiger partial charge on any atom is 1.00 e.